The molecule has 0 amide bonds. The summed E-state index contributed by atoms with van der Waals surface area (Å²) >= 11 is 8.37. The van der Waals surface area contributed by atoms with Crippen LogP contribution < -0.4 is 0 Å². The van der Waals surface area contributed by atoms with Gasteiger partial charge >= 0.3 is 5.51 Å². The lowest BCUT2D eigenvalue weighted by atomic mass is 10.1. The first-order valence-electron chi connectivity index (χ1n) is 4.43. The fourth-order valence-electron chi connectivity index (χ4n) is 1.14. The highest BCUT2D eigenvalue weighted by atomic mass is 79.9. The van der Waals surface area contributed by atoms with Gasteiger partial charge in [0.2, 0.25) is 0 Å². The Morgan fingerprint density at radius 2 is 2.06 bits per heavy atom. The number of hydrogen-bond acceptors (Lipinski definition) is 2. The average molecular weight is 348 g/mol. The Kier molecular flexibility index (Phi) is 5.34. The Morgan fingerprint density at radius 1 is 1.41 bits per heavy atom. The van der Waals surface area contributed by atoms with Gasteiger partial charge in [-0.3, -0.25) is 4.79 Å². The quantitative estimate of drug-likeness (QED) is 0.591. The topological polar surface area (TPSA) is 17.1 Å². The average Bonchev–Trinajstić information content (AvgIpc) is 2.21. The first-order valence-corrected chi connectivity index (χ1v) is 6.75. The van der Waals surface area contributed by atoms with Gasteiger partial charge in [-0.2, -0.15) is 13.2 Å². The molecule has 0 bridgehead atoms. The molecule has 1 aromatic carbocycles. The number of benzene rings is 1. The second kappa shape index (κ2) is 6.11. The van der Waals surface area contributed by atoms with Crippen molar-refractivity contribution in [2.45, 2.75) is 16.8 Å². The summed E-state index contributed by atoms with van der Waals surface area (Å²) in [6, 6.07) is 4.21. The highest BCUT2D eigenvalue weighted by molar-refractivity contribution is 9.09. The number of ketones is 1. The number of alkyl halides is 4. The summed E-state index contributed by atoms with van der Waals surface area (Å²) in [4.78, 5) is 11.1. The van der Waals surface area contributed by atoms with Crippen molar-refractivity contribution < 1.29 is 18.0 Å². The van der Waals surface area contributed by atoms with Crippen LogP contribution in [0.2, 0.25) is 5.02 Å². The molecule has 0 atom stereocenters. The van der Waals surface area contributed by atoms with Gasteiger partial charge in [0.15, 0.2) is 0 Å². The van der Waals surface area contributed by atoms with E-state index in [1.165, 1.54) is 12.1 Å². The van der Waals surface area contributed by atoms with Crippen LogP contribution >= 0.6 is 39.3 Å². The second-order valence-electron chi connectivity index (χ2n) is 3.16. The Labute approximate surface area is 114 Å². The summed E-state index contributed by atoms with van der Waals surface area (Å²) < 4.78 is 36.6. The van der Waals surface area contributed by atoms with E-state index in [0.717, 1.165) is 0 Å². The van der Waals surface area contributed by atoms with E-state index in [-0.39, 0.29) is 39.2 Å². The maximum absolute atomic E-state index is 12.2. The molecule has 0 N–H and O–H groups in total. The molecule has 0 saturated heterocycles. The Bertz CT molecular complexity index is 423. The fourth-order valence-corrected chi connectivity index (χ4v) is 2.19. The third-order valence-electron chi connectivity index (χ3n) is 1.77. The maximum Gasteiger partial charge on any atom is 0.446 e. The lowest BCUT2D eigenvalue weighted by Gasteiger charge is -2.09. The molecule has 0 aliphatic heterocycles. The lowest BCUT2D eigenvalue weighted by Crippen LogP contribution is -2.04. The minimum absolute atomic E-state index is 0.0300. The molecule has 7 heteroatoms. The SMILES string of the molecule is O=C(CBr)Cc1ccc(Cl)c(SC(F)(F)F)c1. The third kappa shape index (κ3) is 5.31. The maximum atomic E-state index is 12.2. The van der Waals surface area contributed by atoms with Crippen molar-refractivity contribution in [1.82, 2.24) is 0 Å². The molecule has 1 rings (SSSR count). The Morgan fingerprint density at radius 3 is 2.59 bits per heavy atom. The zero-order chi connectivity index (χ0) is 13.1. The van der Waals surface area contributed by atoms with Crippen molar-refractivity contribution >= 4 is 45.1 Å². The van der Waals surface area contributed by atoms with Gasteiger partial charge in [-0.05, 0) is 29.5 Å². The minimum atomic E-state index is -4.39. The van der Waals surface area contributed by atoms with Crippen molar-refractivity contribution in [2.24, 2.45) is 0 Å². The standard InChI is InChI=1S/C10H7BrClF3OS/c11-5-7(16)3-6-1-2-8(12)9(4-6)17-10(13,14)15/h1-2,4H,3,5H2. The predicted molar refractivity (Wildman–Crippen MR) is 65.9 cm³/mol. The number of Topliss-reactive ketones (excluding diaryl/α,β-unsaturated/α-hetero) is 1. The van der Waals surface area contributed by atoms with E-state index < -0.39 is 5.51 Å². The van der Waals surface area contributed by atoms with Crippen molar-refractivity contribution in [1.29, 1.82) is 0 Å². The molecular weight excluding hydrogens is 341 g/mol. The van der Waals surface area contributed by atoms with Gasteiger partial charge in [0, 0.05) is 11.3 Å². The van der Waals surface area contributed by atoms with Crippen LogP contribution in [0.25, 0.3) is 0 Å². The van der Waals surface area contributed by atoms with Crippen molar-refractivity contribution in [3.63, 3.8) is 0 Å². The molecule has 0 fully saturated rings. The van der Waals surface area contributed by atoms with E-state index in [9.17, 15) is 18.0 Å². The summed E-state index contributed by atoms with van der Waals surface area (Å²) in [5.74, 6) is -0.102. The summed E-state index contributed by atoms with van der Waals surface area (Å²) in [6.45, 7) is 0. The van der Waals surface area contributed by atoms with Gasteiger partial charge in [-0.25, -0.2) is 0 Å². The molecule has 0 spiro atoms. The van der Waals surface area contributed by atoms with Crippen LogP contribution in [0.1, 0.15) is 5.56 Å². The van der Waals surface area contributed by atoms with E-state index >= 15 is 0 Å². The minimum Gasteiger partial charge on any atom is -0.298 e. The van der Waals surface area contributed by atoms with Crippen LogP contribution in [0.3, 0.4) is 0 Å². The van der Waals surface area contributed by atoms with Crippen LogP contribution in [0.5, 0.6) is 0 Å². The summed E-state index contributed by atoms with van der Waals surface area (Å²) in [5.41, 5.74) is -3.87. The molecule has 0 heterocycles. The molecule has 0 aromatic heterocycles. The molecule has 94 valence electrons. The van der Waals surface area contributed by atoms with Gasteiger partial charge in [0.05, 0.1) is 10.4 Å². The molecule has 0 saturated carbocycles. The normalized spacial score (nSPS) is 11.6. The molecule has 0 radical (unpaired) electrons. The molecule has 0 aliphatic carbocycles. The van der Waals surface area contributed by atoms with E-state index in [1.54, 1.807) is 6.07 Å². The molecule has 0 aliphatic rings. The monoisotopic (exact) mass is 346 g/mol. The van der Waals surface area contributed by atoms with Gasteiger partial charge in [-0.1, -0.05) is 33.6 Å². The molecule has 1 aromatic rings. The number of carbonyl (C=O) groups excluding carboxylic acids is 1. The lowest BCUT2D eigenvalue weighted by molar-refractivity contribution is -0.115. The largest absolute Gasteiger partial charge is 0.446 e. The number of thioether (sulfide) groups is 1. The first kappa shape index (κ1) is 14.9. The summed E-state index contributed by atoms with van der Waals surface area (Å²) in [6.07, 6.45) is 0.0911. The molecule has 0 unspecified atom stereocenters. The van der Waals surface area contributed by atoms with Crippen molar-refractivity contribution in [3.8, 4) is 0 Å². The summed E-state index contributed by atoms with van der Waals surface area (Å²) in [7, 11) is 0. The first-order chi connectivity index (χ1) is 7.81. The van der Waals surface area contributed by atoms with Crippen molar-refractivity contribution in [2.75, 3.05) is 5.33 Å². The Hall–Kier alpha value is -0.200. The Balaban J connectivity index is 2.90. The summed E-state index contributed by atoms with van der Waals surface area (Å²) in [5, 5.41) is 0.208. The zero-order valence-electron chi connectivity index (χ0n) is 8.35. The van der Waals surface area contributed by atoms with E-state index in [2.05, 4.69) is 15.9 Å². The number of rotatable bonds is 4. The third-order valence-corrected chi connectivity index (χ3v) is 3.63. The van der Waals surface area contributed by atoms with Crippen LogP contribution in [0.4, 0.5) is 13.2 Å². The zero-order valence-corrected chi connectivity index (χ0v) is 11.5. The highest BCUT2D eigenvalue weighted by Gasteiger charge is 2.30. The van der Waals surface area contributed by atoms with Crippen LogP contribution in [-0.4, -0.2) is 16.6 Å². The second-order valence-corrected chi connectivity index (χ2v) is 5.24. The van der Waals surface area contributed by atoms with Crippen molar-refractivity contribution in [3.05, 3.63) is 28.8 Å². The van der Waals surface area contributed by atoms with Gasteiger partial charge in [-0.15, -0.1) is 0 Å². The predicted octanol–water partition coefficient (Wildman–Crippen LogP) is 4.46. The van der Waals surface area contributed by atoms with Crippen LogP contribution in [-0.2, 0) is 11.2 Å². The number of hydrogen-bond donors (Lipinski definition) is 0. The molecular formula is C10H7BrClF3OS. The van der Waals surface area contributed by atoms with E-state index in [4.69, 9.17) is 11.6 Å². The van der Waals surface area contributed by atoms with Crippen LogP contribution in [0, 0.1) is 0 Å². The van der Waals surface area contributed by atoms with Gasteiger partial charge < -0.3 is 0 Å². The fraction of sp³-hybridized carbons (Fsp3) is 0.300. The highest BCUT2D eigenvalue weighted by Crippen LogP contribution is 2.40. The van der Waals surface area contributed by atoms with E-state index in [1.807, 2.05) is 0 Å². The van der Waals surface area contributed by atoms with Gasteiger partial charge in [0.1, 0.15) is 5.78 Å². The number of carbonyl (C=O) groups is 1. The van der Waals surface area contributed by atoms with E-state index in [0.29, 0.717) is 5.56 Å². The molecule has 17 heavy (non-hydrogen) atoms. The number of halogens is 5. The smallest absolute Gasteiger partial charge is 0.298 e. The van der Waals surface area contributed by atoms with Gasteiger partial charge in [0.25, 0.3) is 0 Å². The molecule has 1 nitrogen and oxygen atoms in total. The van der Waals surface area contributed by atoms with Crippen LogP contribution in [0.15, 0.2) is 23.1 Å².